The fraction of sp³-hybridized carbons (Fsp3) is 0.733. The minimum Gasteiger partial charge on any atom is 0 e. The molecule has 0 atom stereocenters. The van der Waals surface area contributed by atoms with Crippen LogP contribution >= 0.6 is 23.8 Å². The quantitative estimate of drug-likeness (QED) is 0.210. The summed E-state index contributed by atoms with van der Waals surface area (Å²) in [4.78, 5) is 0. The van der Waals surface area contributed by atoms with Crippen molar-refractivity contribution in [2.45, 2.75) is 6.92 Å². The average Bonchev–Trinajstić information content (AvgIpc) is 2.44. The SMILES string of the molecule is CP(C)CC(C)(CP(C)C)CP(C)C.[C-]#[O+].[C-]#[O+].[C-]#[O+].[C-]#[O+].[Hf]. The van der Waals surface area contributed by atoms with Gasteiger partial charge in [0.05, 0.1) is 0 Å². The second-order valence-electron chi connectivity index (χ2n) is 5.52. The Morgan fingerprint density at radius 3 is 0.783 bits per heavy atom. The van der Waals surface area contributed by atoms with Crippen molar-refractivity contribution in [3.05, 3.63) is 26.6 Å². The maximum Gasteiger partial charge on any atom is 0 e. The standard InChI is InChI=1S/C11H27P3.4CO.Hf/c1-11(8-12(2)3,9-13(4)5)10-14(6)7;4*1-2;/h8-10H2,1-7H3;;;;;. The first-order valence-electron chi connectivity index (χ1n) is 6.01. The van der Waals surface area contributed by atoms with Crippen molar-refractivity contribution in [3.63, 3.8) is 0 Å². The molecule has 0 saturated heterocycles. The first kappa shape index (κ1) is 39.3. The summed E-state index contributed by atoms with van der Waals surface area (Å²) >= 11 is 0. The summed E-state index contributed by atoms with van der Waals surface area (Å²) in [5.41, 5.74) is 0.652. The molecule has 4 nitrogen and oxygen atoms in total. The Hall–Kier alpha value is 1.12. The minimum atomic E-state index is 0. The first-order chi connectivity index (χ1) is 10.2. The third kappa shape index (κ3) is 39.7. The molecule has 0 amide bonds. The zero-order valence-electron chi connectivity index (χ0n) is 15.1. The van der Waals surface area contributed by atoms with Crippen LogP contribution < -0.4 is 0 Å². The predicted molar refractivity (Wildman–Crippen MR) is 94.7 cm³/mol. The second-order valence-corrected chi connectivity index (χ2v) is 13.0. The van der Waals surface area contributed by atoms with Crippen molar-refractivity contribution >= 4 is 23.8 Å². The Morgan fingerprint density at radius 2 is 0.696 bits per heavy atom. The van der Waals surface area contributed by atoms with Gasteiger partial charge in [-0.1, -0.05) is 6.92 Å². The summed E-state index contributed by atoms with van der Waals surface area (Å²) in [6.07, 6.45) is 4.43. The summed E-state index contributed by atoms with van der Waals surface area (Å²) in [6, 6.07) is 0. The summed E-state index contributed by atoms with van der Waals surface area (Å²) in [6.45, 7) is 35.1. The summed E-state index contributed by atoms with van der Waals surface area (Å²) in [5, 5.41) is 0. The molecule has 8 heteroatoms. The topological polar surface area (TPSA) is 79.6 Å². The molecule has 0 aliphatic rings. The van der Waals surface area contributed by atoms with Gasteiger partial charge in [-0.15, -0.1) is 23.8 Å². The molecule has 0 saturated carbocycles. The van der Waals surface area contributed by atoms with E-state index >= 15 is 0 Å². The molecule has 0 heterocycles. The zero-order chi connectivity index (χ0) is 19.4. The molecular formula is C15H27HfO4P3. The molecule has 0 aliphatic heterocycles. The second kappa shape index (κ2) is 30.9. The molecule has 23 heavy (non-hydrogen) atoms. The van der Waals surface area contributed by atoms with E-state index in [1.807, 2.05) is 0 Å². The van der Waals surface area contributed by atoms with Crippen molar-refractivity contribution in [2.24, 2.45) is 5.41 Å². The van der Waals surface area contributed by atoms with Crippen molar-refractivity contribution in [1.29, 1.82) is 0 Å². The number of hydrogen-bond donors (Lipinski definition) is 0. The maximum atomic E-state index is 7.50. The van der Waals surface area contributed by atoms with Crippen molar-refractivity contribution in [3.8, 4) is 0 Å². The van der Waals surface area contributed by atoms with Gasteiger partial charge in [0, 0.05) is 25.8 Å². The van der Waals surface area contributed by atoms with Gasteiger partial charge in [-0.3, -0.25) is 0 Å². The number of hydrogen-bond acceptors (Lipinski definition) is 0. The maximum absolute atomic E-state index is 7.50. The molecule has 0 rings (SSSR count). The Balaban J connectivity index is -0.0000000695. The molecule has 0 N–H and O–H groups in total. The van der Waals surface area contributed by atoms with Gasteiger partial charge in [0.25, 0.3) is 0 Å². The smallest absolute Gasteiger partial charge is 0 e. The molecule has 0 bridgehead atoms. The van der Waals surface area contributed by atoms with Crippen LogP contribution in [0.2, 0.25) is 0 Å². The van der Waals surface area contributed by atoms with Crippen LogP contribution in [-0.4, -0.2) is 58.5 Å². The number of rotatable bonds is 6. The van der Waals surface area contributed by atoms with Crippen LogP contribution in [-0.2, 0) is 44.5 Å². The fourth-order valence-electron chi connectivity index (χ4n) is 2.44. The van der Waals surface area contributed by atoms with E-state index in [9.17, 15) is 0 Å². The van der Waals surface area contributed by atoms with E-state index in [4.69, 9.17) is 18.6 Å². The normalized spacial score (nSPS) is 8.43. The Morgan fingerprint density at radius 1 is 0.565 bits per heavy atom. The van der Waals surface area contributed by atoms with Gasteiger partial charge >= 0.3 is 45.2 Å². The van der Waals surface area contributed by atoms with E-state index in [0.29, 0.717) is 5.41 Å². The molecule has 0 unspecified atom stereocenters. The summed E-state index contributed by atoms with van der Waals surface area (Å²) in [7, 11) is 0.813. The van der Waals surface area contributed by atoms with Crippen LogP contribution in [0.1, 0.15) is 6.92 Å². The van der Waals surface area contributed by atoms with Gasteiger partial charge < -0.3 is 0 Å². The molecule has 130 valence electrons. The van der Waals surface area contributed by atoms with Crippen molar-refractivity contribution < 1.29 is 44.5 Å². The molecule has 0 aromatic carbocycles. The van der Waals surface area contributed by atoms with Gasteiger partial charge in [0.1, 0.15) is 0 Å². The van der Waals surface area contributed by atoms with Crippen LogP contribution in [0.15, 0.2) is 0 Å². The first-order valence-corrected chi connectivity index (χ1v) is 13.3. The minimum absolute atomic E-state index is 0. The monoisotopic (exact) mass is 544 g/mol. The van der Waals surface area contributed by atoms with Crippen LogP contribution in [0.25, 0.3) is 0 Å². The van der Waals surface area contributed by atoms with Gasteiger partial charge in [0.2, 0.25) is 0 Å². The Labute approximate surface area is 165 Å². The molecule has 0 fully saturated rings. The van der Waals surface area contributed by atoms with Gasteiger partial charge in [-0.25, -0.2) is 0 Å². The van der Waals surface area contributed by atoms with E-state index in [2.05, 4.69) is 73.5 Å². The van der Waals surface area contributed by atoms with E-state index in [0.717, 1.165) is 0 Å². The van der Waals surface area contributed by atoms with Gasteiger partial charge in [-0.05, 0) is 63.9 Å². The van der Waals surface area contributed by atoms with Crippen molar-refractivity contribution in [2.75, 3.05) is 58.5 Å². The Kier molecular flexibility index (Phi) is 52.8. The molecule has 0 aromatic heterocycles. The van der Waals surface area contributed by atoms with Gasteiger partial charge in [0.15, 0.2) is 0 Å². The predicted octanol–water partition coefficient (Wildman–Crippen LogP) is 4.06. The van der Waals surface area contributed by atoms with Crippen LogP contribution in [0, 0.1) is 32.0 Å². The molecule has 0 aromatic rings. The fourth-order valence-corrected chi connectivity index (χ4v) is 8.22. The Bertz CT molecular complexity index is 250. The third-order valence-corrected chi connectivity index (χ3v) is 6.28. The summed E-state index contributed by atoms with van der Waals surface area (Å²) < 4.78 is 30.0. The summed E-state index contributed by atoms with van der Waals surface area (Å²) in [5.74, 6) is 0. The third-order valence-electron chi connectivity index (χ3n) is 2.09. The van der Waals surface area contributed by atoms with E-state index in [1.54, 1.807) is 0 Å². The van der Waals surface area contributed by atoms with Crippen LogP contribution in [0.5, 0.6) is 0 Å². The van der Waals surface area contributed by atoms with Crippen LogP contribution in [0.4, 0.5) is 0 Å². The van der Waals surface area contributed by atoms with E-state index in [1.165, 1.54) is 18.5 Å². The van der Waals surface area contributed by atoms with Gasteiger partial charge in [-0.2, -0.15) is 0 Å². The molecular weight excluding hydrogens is 516 g/mol. The zero-order valence-corrected chi connectivity index (χ0v) is 21.4. The molecule has 0 aliphatic carbocycles. The molecule has 0 spiro atoms. The van der Waals surface area contributed by atoms with E-state index < -0.39 is 0 Å². The average molecular weight is 543 g/mol. The largest absolute Gasteiger partial charge is 0 e. The van der Waals surface area contributed by atoms with E-state index in [-0.39, 0.29) is 49.6 Å². The van der Waals surface area contributed by atoms with Crippen LogP contribution in [0.3, 0.4) is 0 Å². The molecule has 0 radical (unpaired) electrons. The van der Waals surface area contributed by atoms with Crippen molar-refractivity contribution in [1.82, 2.24) is 0 Å².